The summed E-state index contributed by atoms with van der Waals surface area (Å²) in [6, 6.07) is 12.7. The number of nitrogens with zero attached hydrogens (tertiary/aromatic N) is 3. The lowest BCUT2D eigenvalue weighted by Gasteiger charge is -2.35. The van der Waals surface area contributed by atoms with Gasteiger partial charge < -0.3 is 10.1 Å². The predicted octanol–water partition coefficient (Wildman–Crippen LogP) is 1.85. The number of amides is 1. The van der Waals surface area contributed by atoms with Gasteiger partial charge >= 0.3 is 0 Å². The molecule has 132 valence electrons. The van der Waals surface area contributed by atoms with Crippen LogP contribution in [0, 0.1) is 0 Å². The summed E-state index contributed by atoms with van der Waals surface area (Å²) in [5.74, 6) is -0.0856. The van der Waals surface area contributed by atoms with E-state index in [1.54, 1.807) is 10.7 Å². The second-order valence-electron chi connectivity index (χ2n) is 6.80. The van der Waals surface area contributed by atoms with Crippen LogP contribution in [0.25, 0.3) is 0 Å². The van der Waals surface area contributed by atoms with E-state index in [0.717, 1.165) is 32.7 Å². The maximum Gasteiger partial charge on any atom is 0.272 e. The van der Waals surface area contributed by atoms with Crippen molar-refractivity contribution in [3.63, 3.8) is 0 Å². The zero-order valence-electron chi connectivity index (χ0n) is 14.5. The molecule has 0 radical (unpaired) electrons. The molecule has 1 aromatic carbocycles. The number of hydrogen-bond acceptors (Lipinski definition) is 4. The SMILES string of the molecule is CCn1ccc(C(=O)N[C@@H]2C[C@H]3CO[C@@H](c4ccccc4)CN3C2)n1. The van der Waals surface area contributed by atoms with Crippen LogP contribution in [-0.4, -0.2) is 52.4 Å². The highest BCUT2D eigenvalue weighted by atomic mass is 16.5. The summed E-state index contributed by atoms with van der Waals surface area (Å²) in [5, 5.41) is 7.41. The first-order chi connectivity index (χ1) is 12.2. The minimum absolute atomic E-state index is 0.0856. The Morgan fingerprint density at radius 2 is 2.12 bits per heavy atom. The lowest BCUT2D eigenvalue weighted by Crippen LogP contribution is -2.43. The quantitative estimate of drug-likeness (QED) is 0.923. The zero-order valence-corrected chi connectivity index (χ0v) is 14.5. The average Bonchev–Trinajstić information content (AvgIpc) is 3.28. The number of morpholine rings is 1. The van der Waals surface area contributed by atoms with E-state index in [2.05, 4.69) is 27.4 Å². The van der Waals surface area contributed by atoms with Crippen LogP contribution in [0.4, 0.5) is 0 Å². The number of hydrogen-bond donors (Lipinski definition) is 1. The van der Waals surface area contributed by atoms with Gasteiger partial charge in [-0.1, -0.05) is 30.3 Å². The van der Waals surface area contributed by atoms with Gasteiger partial charge in [0.15, 0.2) is 0 Å². The van der Waals surface area contributed by atoms with E-state index in [-0.39, 0.29) is 18.1 Å². The summed E-state index contributed by atoms with van der Waals surface area (Å²) in [6.07, 6.45) is 2.89. The maximum atomic E-state index is 12.4. The second-order valence-corrected chi connectivity index (χ2v) is 6.80. The molecule has 1 aromatic heterocycles. The van der Waals surface area contributed by atoms with E-state index in [1.165, 1.54) is 5.56 Å². The summed E-state index contributed by atoms with van der Waals surface area (Å²) in [6.45, 7) is 5.25. The number of ether oxygens (including phenoxy) is 1. The van der Waals surface area contributed by atoms with Crippen molar-refractivity contribution < 1.29 is 9.53 Å². The minimum Gasteiger partial charge on any atom is -0.371 e. The maximum absolute atomic E-state index is 12.4. The number of benzene rings is 1. The summed E-state index contributed by atoms with van der Waals surface area (Å²) < 4.78 is 7.83. The summed E-state index contributed by atoms with van der Waals surface area (Å²) in [5.41, 5.74) is 1.71. The Bertz CT molecular complexity index is 730. The fourth-order valence-corrected chi connectivity index (χ4v) is 3.77. The van der Waals surface area contributed by atoms with Crippen LogP contribution in [0.2, 0.25) is 0 Å². The molecular weight excluding hydrogens is 316 g/mol. The molecule has 6 nitrogen and oxygen atoms in total. The van der Waals surface area contributed by atoms with Crippen molar-refractivity contribution >= 4 is 5.91 Å². The van der Waals surface area contributed by atoms with Crippen LogP contribution in [0.1, 0.15) is 35.5 Å². The van der Waals surface area contributed by atoms with Gasteiger partial charge in [-0.25, -0.2) is 0 Å². The number of aromatic nitrogens is 2. The molecule has 3 heterocycles. The normalized spacial score (nSPS) is 26.4. The second kappa shape index (κ2) is 6.98. The van der Waals surface area contributed by atoms with Crippen LogP contribution in [-0.2, 0) is 11.3 Å². The summed E-state index contributed by atoms with van der Waals surface area (Å²) in [4.78, 5) is 14.8. The van der Waals surface area contributed by atoms with Gasteiger partial charge in [0.1, 0.15) is 5.69 Å². The summed E-state index contributed by atoms with van der Waals surface area (Å²) >= 11 is 0. The number of fused-ring (bicyclic) bond motifs is 1. The third-order valence-electron chi connectivity index (χ3n) is 5.12. The van der Waals surface area contributed by atoms with Crippen molar-refractivity contribution in [2.24, 2.45) is 0 Å². The molecule has 3 atom stereocenters. The van der Waals surface area contributed by atoms with E-state index in [4.69, 9.17) is 4.74 Å². The van der Waals surface area contributed by atoms with Crippen molar-refractivity contribution in [3.8, 4) is 0 Å². The van der Waals surface area contributed by atoms with Crippen molar-refractivity contribution in [3.05, 3.63) is 53.9 Å². The van der Waals surface area contributed by atoms with Crippen molar-refractivity contribution in [1.29, 1.82) is 0 Å². The van der Waals surface area contributed by atoms with E-state index in [9.17, 15) is 4.79 Å². The van der Waals surface area contributed by atoms with Crippen LogP contribution >= 0.6 is 0 Å². The molecule has 6 heteroatoms. The predicted molar refractivity (Wildman–Crippen MR) is 94.3 cm³/mol. The molecule has 0 bridgehead atoms. The van der Waals surface area contributed by atoms with E-state index >= 15 is 0 Å². The Hall–Kier alpha value is -2.18. The number of carbonyl (C=O) groups is 1. The molecule has 0 unspecified atom stereocenters. The van der Waals surface area contributed by atoms with E-state index in [1.807, 2.05) is 31.3 Å². The molecule has 2 aromatic rings. The van der Waals surface area contributed by atoms with Crippen LogP contribution in [0.3, 0.4) is 0 Å². The zero-order chi connectivity index (χ0) is 17.2. The Kier molecular flexibility index (Phi) is 4.55. The Morgan fingerprint density at radius 1 is 1.28 bits per heavy atom. The molecule has 2 aliphatic rings. The molecule has 2 fully saturated rings. The molecule has 1 N–H and O–H groups in total. The van der Waals surface area contributed by atoms with Gasteiger partial charge in [0.2, 0.25) is 0 Å². The van der Waals surface area contributed by atoms with Crippen molar-refractivity contribution in [1.82, 2.24) is 20.0 Å². The van der Waals surface area contributed by atoms with Gasteiger partial charge in [-0.2, -0.15) is 5.10 Å². The molecule has 0 saturated carbocycles. The molecule has 25 heavy (non-hydrogen) atoms. The fourth-order valence-electron chi connectivity index (χ4n) is 3.77. The van der Waals surface area contributed by atoms with Gasteiger partial charge in [0.05, 0.1) is 12.7 Å². The number of carbonyl (C=O) groups excluding carboxylic acids is 1. The van der Waals surface area contributed by atoms with Crippen LogP contribution < -0.4 is 5.32 Å². The lowest BCUT2D eigenvalue weighted by molar-refractivity contribution is -0.0502. The molecule has 2 aliphatic heterocycles. The van der Waals surface area contributed by atoms with Crippen molar-refractivity contribution in [2.75, 3.05) is 19.7 Å². The van der Waals surface area contributed by atoms with Gasteiger partial charge in [0.25, 0.3) is 5.91 Å². The topological polar surface area (TPSA) is 59.4 Å². The largest absolute Gasteiger partial charge is 0.371 e. The van der Waals surface area contributed by atoms with Crippen molar-refractivity contribution in [2.45, 2.75) is 38.1 Å². The standard InChI is InChI=1S/C19H24N4O2/c1-2-23-9-8-17(21-23)19(24)20-15-10-16-13-25-18(12-22(16)11-15)14-6-4-3-5-7-14/h3-9,15-16,18H,2,10-13H2,1H3,(H,20,24)/t15-,16+,18-/m1/s1. The highest BCUT2D eigenvalue weighted by Crippen LogP contribution is 2.30. The number of aryl methyl sites for hydroxylation is 1. The molecule has 0 spiro atoms. The highest BCUT2D eigenvalue weighted by Gasteiger charge is 2.38. The number of nitrogens with one attached hydrogen (secondary N) is 1. The van der Waals surface area contributed by atoms with Crippen LogP contribution in [0.15, 0.2) is 42.6 Å². The minimum atomic E-state index is -0.0856. The first kappa shape index (κ1) is 16.3. The van der Waals surface area contributed by atoms with E-state index < -0.39 is 0 Å². The monoisotopic (exact) mass is 340 g/mol. The van der Waals surface area contributed by atoms with Gasteiger partial charge in [0, 0.05) is 37.9 Å². The molecule has 2 saturated heterocycles. The molecular formula is C19H24N4O2. The van der Waals surface area contributed by atoms with Gasteiger partial charge in [-0.3, -0.25) is 14.4 Å². The van der Waals surface area contributed by atoms with Crippen LogP contribution in [0.5, 0.6) is 0 Å². The Labute approximate surface area is 147 Å². The number of rotatable bonds is 4. The first-order valence-electron chi connectivity index (χ1n) is 8.98. The Balaban J connectivity index is 1.35. The van der Waals surface area contributed by atoms with Gasteiger partial charge in [-0.15, -0.1) is 0 Å². The highest BCUT2D eigenvalue weighted by molar-refractivity contribution is 5.92. The third-order valence-corrected chi connectivity index (χ3v) is 5.12. The average molecular weight is 340 g/mol. The Morgan fingerprint density at radius 3 is 2.88 bits per heavy atom. The van der Waals surface area contributed by atoms with E-state index in [0.29, 0.717) is 11.7 Å². The molecule has 0 aliphatic carbocycles. The molecule has 1 amide bonds. The first-order valence-corrected chi connectivity index (χ1v) is 8.98. The third kappa shape index (κ3) is 3.45. The lowest BCUT2D eigenvalue weighted by atomic mass is 10.1. The smallest absolute Gasteiger partial charge is 0.272 e. The summed E-state index contributed by atoms with van der Waals surface area (Å²) in [7, 11) is 0. The van der Waals surface area contributed by atoms with Gasteiger partial charge in [-0.05, 0) is 25.0 Å². The molecule has 4 rings (SSSR count). The fraction of sp³-hybridized carbons (Fsp3) is 0.474.